The van der Waals surface area contributed by atoms with Gasteiger partial charge in [-0.2, -0.15) is 4.98 Å². The van der Waals surface area contributed by atoms with Gasteiger partial charge in [-0.1, -0.05) is 12.1 Å². The van der Waals surface area contributed by atoms with Crippen LogP contribution < -0.4 is 14.5 Å². The van der Waals surface area contributed by atoms with E-state index in [9.17, 15) is 0 Å². The zero-order chi connectivity index (χ0) is 22.6. The van der Waals surface area contributed by atoms with Gasteiger partial charge < -0.3 is 19.1 Å². The number of piperazine rings is 1. The highest BCUT2D eigenvalue weighted by molar-refractivity contribution is 5.56. The molecule has 2 aliphatic rings. The lowest BCUT2D eigenvalue weighted by atomic mass is 10.0. The smallest absolute Gasteiger partial charge is 0.241 e. The Morgan fingerprint density at radius 1 is 1.00 bits per heavy atom. The second-order valence-electron chi connectivity index (χ2n) is 9.07. The summed E-state index contributed by atoms with van der Waals surface area (Å²) in [4.78, 5) is 16.4. The molecule has 2 aromatic heterocycles. The summed E-state index contributed by atoms with van der Waals surface area (Å²) in [6.07, 6.45) is 4.39. The van der Waals surface area contributed by atoms with E-state index in [0.29, 0.717) is 18.3 Å². The lowest BCUT2D eigenvalue weighted by molar-refractivity contribution is 0.215. The fourth-order valence-corrected chi connectivity index (χ4v) is 4.69. The molecular formula is C25H32N6O2. The van der Waals surface area contributed by atoms with Crippen molar-refractivity contribution in [1.29, 1.82) is 0 Å². The minimum absolute atomic E-state index is 0.605. The van der Waals surface area contributed by atoms with Crippen molar-refractivity contribution in [3.05, 3.63) is 48.5 Å². The summed E-state index contributed by atoms with van der Waals surface area (Å²) in [6.45, 7) is 8.96. The van der Waals surface area contributed by atoms with Gasteiger partial charge in [0.25, 0.3) is 0 Å². The molecule has 3 aromatic rings. The van der Waals surface area contributed by atoms with Crippen LogP contribution in [0.3, 0.4) is 0 Å². The van der Waals surface area contributed by atoms with Crippen LogP contribution in [-0.2, 0) is 6.54 Å². The van der Waals surface area contributed by atoms with Gasteiger partial charge in [0.15, 0.2) is 0 Å². The molecule has 0 N–H and O–H groups in total. The number of rotatable bonds is 6. The fourth-order valence-electron chi connectivity index (χ4n) is 4.69. The molecule has 8 heteroatoms. The zero-order valence-corrected chi connectivity index (χ0v) is 19.5. The molecule has 1 atom stereocenters. The molecule has 0 unspecified atom stereocenters. The molecule has 5 rings (SSSR count). The molecule has 174 valence electrons. The van der Waals surface area contributed by atoms with Gasteiger partial charge in [-0.25, -0.2) is 4.98 Å². The third kappa shape index (κ3) is 5.11. The monoisotopic (exact) mass is 448 g/mol. The molecule has 0 saturated carbocycles. The van der Waals surface area contributed by atoms with Crippen molar-refractivity contribution < 1.29 is 9.26 Å². The molecule has 0 aliphatic carbocycles. The molecule has 33 heavy (non-hydrogen) atoms. The highest BCUT2D eigenvalue weighted by Crippen LogP contribution is 2.24. The van der Waals surface area contributed by atoms with Crippen LogP contribution in [0.5, 0.6) is 5.75 Å². The van der Waals surface area contributed by atoms with Crippen LogP contribution in [-0.4, -0.2) is 66.4 Å². The summed E-state index contributed by atoms with van der Waals surface area (Å²) in [6, 6.07) is 12.4. The SMILES string of the molecule is COc1ccc(N2CCN(Cc3nc(-c4ccc(N5CCC[C@H](C)C5)nc4)no3)CC2)cc1. The summed E-state index contributed by atoms with van der Waals surface area (Å²) in [5.74, 6) is 3.89. The number of hydrogen-bond acceptors (Lipinski definition) is 8. The number of pyridine rings is 1. The van der Waals surface area contributed by atoms with Crippen molar-refractivity contribution in [2.75, 3.05) is 56.2 Å². The number of aromatic nitrogens is 3. The minimum Gasteiger partial charge on any atom is -0.497 e. The van der Waals surface area contributed by atoms with E-state index >= 15 is 0 Å². The van der Waals surface area contributed by atoms with Crippen molar-refractivity contribution in [3.8, 4) is 17.1 Å². The first-order chi connectivity index (χ1) is 16.2. The normalized spacial score (nSPS) is 19.6. The van der Waals surface area contributed by atoms with Crippen LogP contribution in [0.15, 0.2) is 47.1 Å². The van der Waals surface area contributed by atoms with Gasteiger partial charge >= 0.3 is 0 Å². The minimum atomic E-state index is 0.605. The average molecular weight is 449 g/mol. The first-order valence-electron chi connectivity index (χ1n) is 11.8. The Morgan fingerprint density at radius 3 is 2.52 bits per heavy atom. The number of hydrogen-bond donors (Lipinski definition) is 0. The van der Waals surface area contributed by atoms with Gasteiger partial charge in [-0.05, 0) is 55.2 Å². The predicted octanol–water partition coefficient (Wildman–Crippen LogP) is 3.70. The van der Waals surface area contributed by atoms with Gasteiger partial charge in [0.2, 0.25) is 11.7 Å². The topological polar surface area (TPSA) is 70.8 Å². The van der Waals surface area contributed by atoms with E-state index in [-0.39, 0.29) is 0 Å². The Morgan fingerprint density at radius 2 is 1.82 bits per heavy atom. The molecule has 4 heterocycles. The Balaban J connectivity index is 1.15. The second kappa shape index (κ2) is 9.79. The Bertz CT molecular complexity index is 1030. The molecule has 0 amide bonds. The van der Waals surface area contributed by atoms with Gasteiger partial charge in [-0.3, -0.25) is 4.90 Å². The van der Waals surface area contributed by atoms with Crippen LogP contribution in [0.25, 0.3) is 11.4 Å². The molecule has 2 saturated heterocycles. The van der Waals surface area contributed by atoms with Crippen LogP contribution in [0.4, 0.5) is 11.5 Å². The van der Waals surface area contributed by atoms with E-state index in [4.69, 9.17) is 9.26 Å². The highest BCUT2D eigenvalue weighted by atomic mass is 16.5. The molecule has 2 fully saturated rings. The predicted molar refractivity (Wildman–Crippen MR) is 129 cm³/mol. The number of anilines is 2. The van der Waals surface area contributed by atoms with Crippen LogP contribution in [0.1, 0.15) is 25.7 Å². The van der Waals surface area contributed by atoms with Crippen molar-refractivity contribution in [3.63, 3.8) is 0 Å². The first kappa shape index (κ1) is 21.7. The number of methoxy groups -OCH3 is 1. The standard InChI is InChI=1S/C25H32N6O2/c1-19-4-3-11-31(17-19)23-10-5-20(16-26-23)25-27-24(33-28-25)18-29-12-14-30(15-13-29)21-6-8-22(32-2)9-7-21/h5-10,16,19H,3-4,11-15,17-18H2,1-2H3/t19-/m0/s1. The van der Waals surface area contributed by atoms with Gasteiger partial charge in [0, 0.05) is 56.7 Å². The quantitative estimate of drug-likeness (QED) is 0.565. The van der Waals surface area contributed by atoms with E-state index in [1.807, 2.05) is 24.4 Å². The largest absolute Gasteiger partial charge is 0.497 e. The zero-order valence-electron chi connectivity index (χ0n) is 19.5. The van der Waals surface area contributed by atoms with Gasteiger partial charge in [-0.15, -0.1) is 0 Å². The Kier molecular flexibility index (Phi) is 6.44. The van der Waals surface area contributed by atoms with E-state index < -0.39 is 0 Å². The third-order valence-electron chi connectivity index (χ3n) is 6.62. The number of nitrogens with zero attached hydrogens (tertiary/aromatic N) is 6. The van der Waals surface area contributed by atoms with Crippen molar-refractivity contribution in [2.24, 2.45) is 5.92 Å². The van der Waals surface area contributed by atoms with E-state index in [1.54, 1.807) is 7.11 Å². The van der Waals surface area contributed by atoms with Crippen molar-refractivity contribution in [1.82, 2.24) is 20.0 Å². The maximum atomic E-state index is 5.55. The maximum absolute atomic E-state index is 5.55. The Hall–Kier alpha value is -3.13. The van der Waals surface area contributed by atoms with Gasteiger partial charge in [0.05, 0.1) is 13.7 Å². The summed E-state index contributed by atoms with van der Waals surface area (Å²) < 4.78 is 10.8. The summed E-state index contributed by atoms with van der Waals surface area (Å²) in [5, 5.41) is 4.20. The summed E-state index contributed by atoms with van der Waals surface area (Å²) in [7, 11) is 1.69. The van der Waals surface area contributed by atoms with Gasteiger partial charge in [0.1, 0.15) is 11.6 Å². The average Bonchev–Trinajstić information content (AvgIpc) is 3.33. The molecule has 0 radical (unpaired) electrons. The molecule has 0 bridgehead atoms. The fraction of sp³-hybridized carbons (Fsp3) is 0.480. The lowest BCUT2D eigenvalue weighted by Gasteiger charge is -2.35. The maximum Gasteiger partial charge on any atom is 0.241 e. The third-order valence-corrected chi connectivity index (χ3v) is 6.62. The Labute approximate surface area is 195 Å². The van der Waals surface area contributed by atoms with Crippen LogP contribution in [0.2, 0.25) is 0 Å². The number of benzene rings is 1. The summed E-state index contributed by atoms with van der Waals surface area (Å²) in [5.41, 5.74) is 2.12. The van der Waals surface area contributed by atoms with E-state index in [1.165, 1.54) is 18.5 Å². The van der Waals surface area contributed by atoms with E-state index in [0.717, 1.165) is 62.3 Å². The van der Waals surface area contributed by atoms with Crippen molar-refractivity contribution >= 4 is 11.5 Å². The first-order valence-corrected chi connectivity index (χ1v) is 11.8. The molecule has 8 nitrogen and oxygen atoms in total. The summed E-state index contributed by atoms with van der Waals surface area (Å²) >= 11 is 0. The lowest BCUT2D eigenvalue weighted by Crippen LogP contribution is -2.46. The van der Waals surface area contributed by atoms with Crippen molar-refractivity contribution in [2.45, 2.75) is 26.3 Å². The number of piperidine rings is 1. The second-order valence-corrected chi connectivity index (χ2v) is 9.07. The van der Waals surface area contributed by atoms with Crippen LogP contribution in [0, 0.1) is 5.92 Å². The molecule has 2 aliphatic heterocycles. The highest BCUT2D eigenvalue weighted by Gasteiger charge is 2.21. The van der Waals surface area contributed by atoms with E-state index in [2.05, 4.69) is 54.9 Å². The molecular weight excluding hydrogens is 416 g/mol. The van der Waals surface area contributed by atoms with Crippen LogP contribution >= 0.6 is 0 Å². The molecule has 1 aromatic carbocycles. The molecule has 0 spiro atoms. The number of ether oxygens (including phenoxy) is 1.